The molecule has 0 bridgehead atoms. The molecule has 0 unspecified atom stereocenters. The molecule has 0 atom stereocenters. The van der Waals surface area contributed by atoms with Gasteiger partial charge in [-0.1, -0.05) is 6.07 Å². The Kier molecular flexibility index (Phi) is 4.15. The van der Waals surface area contributed by atoms with Gasteiger partial charge in [0.05, 0.1) is 25.0 Å². The third-order valence-electron chi connectivity index (χ3n) is 3.08. The van der Waals surface area contributed by atoms with Crippen molar-refractivity contribution in [3.05, 3.63) is 40.5 Å². The summed E-state index contributed by atoms with van der Waals surface area (Å²) in [6.07, 6.45) is 0. The molecule has 0 radical (unpaired) electrons. The topological polar surface area (TPSA) is 52.6 Å². The number of hydrogen-bond donors (Lipinski definition) is 1. The number of hydrogen-bond acceptors (Lipinski definition) is 5. The van der Waals surface area contributed by atoms with Crippen LogP contribution < -0.4 is 19.5 Å². The van der Waals surface area contributed by atoms with Crippen molar-refractivity contribution in [3.8, 4) is 17.4 Å². The van der Waals surface area contributed by atoms with E-state index >= 15 is 0 Å². The first-order valence-corrected chi connectivity index (χ1v) is 7.38. The highest BCUT2D eigenvalue weighted by Gasteiger charge is 2.14. The highest BCUT2D eigenvalue weighted by atomic mass is 79.9. The summed E-state index contributed by atoms with van der Waals surface area (Å²) in [6, 6.07) is 9.53. The molecule has 6 heteroatoms. The molecule has 2 aromatic rings. The molecule has 0 spiro atoms. The summed E-state index contributed by atoms with van der Waals surface area (Å²) >= 11 is 3.53. The second-order valence-corrected chi connectivity index (χ2v) is 5.35. The molecular formula is C15H15BrN2O3. The van der Waals surface area contributed by atoms with E-state index in [9.17, 15) is 0 Å². The minimum atomic E-state index is 0.575. The van der Waals surface area contributed by atoms with Crippen molar-refractivity contribution in [2.24, 2.45) is 0 Å². The third kappa shape index (κ3) is 3.21. The molecule has 1 aromatic carbocycles. The monoisotopic (exact) mass is 350 g/mol. The van der Waals surface area contributed by atoms with E-state index in [4.69, 9.17) is 14.2 Å². The maximum absolute atomic E-state index is 5.59. The second-order valence-electron chi connectivity index (χ2n) is 4.50. The summed E-state index contributed by atoms with van der Waals surface area (Å²) < 4.78 is 17.2. The largest absolute Gasteiger partial charge is 0.486 e. The van der Waals surface area contributed by atoms with Crippen LogP contribution in [0, 0.1) is 0 Å². The van der Waals surface area contributed by atoms with E-state index in [1.54, 1.807) is 7.11 Å². The predicted octanol–water partition coefficient (Wildman–Crippen LogP) is 3.24. The first-order chi connectivity index (χ1) is 10.3. The zero-order chi connectivity index (χ0) is 14.7. The lowest BCUT2D eigenvalue weighted by molar-refractivity contribution is 0.171. The van der Waals surface area contributed by atoms with Gasteiger partial charge in [0.15, 0.2) is 11.5 Å². The number of anilines is 1. The summed E-state index contributed by atoms with van der Waals surface area (Å²) in [5.74, 6) is 2.12. The molecule has 1 aliphatic rings. The minimum absolute atomic E-state index is 0.575. The Morgan fingerprint density at radius 1 is 1.24 bits per heavy atom. The number of methoxy groups -OCH3 is 1. The SMILES string of the molecule is COc1cccc(CNc2cc3c(cc2Br)OCCO3)n1. The van der Waals surface area contributed by atoms with E-state index in [1.807, 2.05) is 30.3 Å². The van der Waals surface area contributed by atoms with E-state index in [-0.39, 0.29) is 0 Å². The fraction of sp³-hybridized carbons (Fsp3) is 0.267. The molecule has 110 valence electrons. The molecular weight excluding hydrogens is 336 g/mol. The van der Waals surface area contributed by atoms with Gasteiger partial charge in [-0.05, 0) is 22.0 Å². The van der Waals surface area contributed by atoms with Crippen molar-refractivity contribution in [1.29, 1.82) is 0 Å². The molecule has 1 aliphatic heterocycles. The van der Waals surface area contributed by atoms with Crippen LogP contribution in [-0.2, 0) is 6.54 Å². The second kappa shape index (κ2) is 6.22. The van der Waals surface area contributed by atoms with Gasteiger partial charge >= 0.3 is 0 Å². The summed E-state index contributed by atoms with van der Waals surface area (Å²) in [4.78, 5) is 4.37. The average Bonchev–Trinajstić information content (AvgIpc) is 2.53. The molecule has 3 rings (SSSR count). The van der Waals surface area contributed by atoms with Crippen LogP contribution in [0.15, 0.2) is 34.8 Å². The minimum Gasteiger partial charge on any atom is -0.486 e. The van der Waals surface area contributed by atoms with Gasteiger partial charge in [-0.15, -0.1) is 0 Å². The summed E-state index contributed by atoms with van der Waals surface area (Å²) in [5, 5.41) is 3.33. The van der Waals surface area contributed by atoms with Gasteiger partial charge in [0, 0.05) is 22.7 Å². The predicted molar refractivity (Wildman–Crippen MR) is 83.2 cm³/mol. The number of pyridine rings is 1. The van der Waals surface area contributed by atoms with Crippen LogP contribution in [0.25, 0.3) is 0 Å². The van der Waals surface area contributed by atoms with Crippen LogP contribution in [0.4, 0.5) is 5.69 Å². The number of rotatable bonds is 4. The molecule has 0 amide bonds. The number of halogens is 1. The molecule has 1 aromatic heterocycles. The Morgan fingerprint density at radius 2 is 2.00 bits per heavy atom. The lowest BCUT2D eigenvalue weighted by atomic mass is 10.2. The van der Waals surface area contributed by atoms with Crippen molar-refractivity contribution in [1.82, 2.24) is 4.98 Å². The molecule has 0 saturated heterocycles. The molecule has 1 N–H and O–H groups in total. The number of ether oxygens (including phenoxy) is 3. The number of nitrogens with zero attached hydrogens (tertiary/aromatic N) is 1. The first-order valence-electron chi connectivity index (χ1n) is 6.59. The van der Waals surface area contributed by atoms with Gasteiger partial charge in [-0.2, -0.15) is 0 Å². The third-order valence-corrected chi connectivity index (χ3v) is 3.74. The van der Waals surface area contributed by atoms with Crippen molar-refractivity contribution in [3.63, 3.8) is 0 Å². The Labute approximate surface area is 131 Å². The van der Waals surface area contributed by atoms with E-state index in [1.165, 1.54) is 0 Å². The number of aromatic nitrogens is 1. The van der Waals surface area contributed by atoms with Gasteiger partial charge in [0.25, 0.3) is 0 Å². The van der Waals surface area contributed by atoms with Gasteiger partial charge < -0.3 is 19.5 Å². The van der Waals surface area contributed by atoms with Gasteiger partial charge in [0.2, 0.25) is 5.88 Å². The maximum Gasteiger partial charge on any atom is 0.213 e. The van der Waals surface area contributed by atoms with Crippen molar-refractivity contribution < 1.29 is 14.2 Å². The molecule has 0 saturated carbocycles. The molecule has 21 heavy (non-hydrogen) atoms. The Bertz CT molecular complexity index is 649. The van der Waals surface area contributed by atoms with E-state index in [2.05, 4.69) is 26.2 Å². The van der Waals surface area contributed by atoms with Crippen LogP contribution in [0.5, 0.6) is 17.4 Å². The first kappa shape index (κ1) is 14.0. The number of nitrogens with one attached hydrogen (secondary N) is 1. The van der Waals surface area contributed by atoms with Crippen LogP contribution in [-0.4, -0.2) is 25.3 Å². The van der Waals surface area contributed by atoms with Crippen LogP contribution in [0.1, 0.15) is 5.69 Å². The molecule has 5 nitrogen and oxygen atoms in total. The van der Waals surface area contributed by atoms with Gasteiger partial charge in [-0.25, -0.2) is 4.98 Å². The van der Waals surface area contributed by atoms with Crippen molar-refractivity contribution >= 4 is 21.6 Å². The highest BCUT2D eigenvalue weighted by molar-refractivity contribution is 9.10. The lowest BCUT2D eigenvalue weighted by Gasteiger charge is -2.20. The number of benzene rings is 1. The summed E-state index contributed by atoms with van der Waals surface area (Å²) in [5.41, 5.74) is 1.83. The maximum atomic E-state index is 5.59. The van der Waals surface area contributed by atoms with Crippen molar-refractivity contribution in [2.75, 3.05) is 25.6 Å². The average molecular weight is 351 g/mol. The van der Waals surface area contributed by atoms with Crippen LogP contribution in [0.3, 0.4) is 0 Å². The van der Waals surface area contributed by atoms with E-state index in [0.717, 1.165) is 27.4 Å². The zero-order valence-electron chi connectivity index (χ0n) is 11.6. The Balaban J connectivity index is 1.75. The fourth-order valence-corrected chi connectivity index (χ4v) is 2.52. The lowest BCUT2D eigenvalue weighted by Crippen LogP contribution is -2.15. The van der Waals surface area contributed by atoms with E-state index in [0.29, 0.717) is 25.6 Å². The van der Waals surface area contributed by atoms with Gasteiger partial charge in [0.1, 0.15) is 13.2 Å². The van der Waals surface area contributed by atoms with E-state index < -0.39 is 0 Å². The molecule has 2 heterocycles. The highest BCUT2D eigenvalue weighted by Crippen LogP contribution is 2.38. The molecule has 0 aliphatic carbocycles. The van der Waals surface area contributed by atoms with Crippen molar-refractivity contribution in [2.45, 2.75) is 6.54 Å². The normalized spacial score (nSPS) is 12.9. The van der Waals surface area contributed by atoms with Crippen LogP contribution in [0.2, 0.25) is 0 Å². The van der Waals surface area contributed by atoms with Gasteiger partial charge in [-0.3, -0.25) is 0 Å². The smallest absolute Gasteiger partial charge is 0.213 e. The zero-order valence-corrected chi connectivity index (χ0v) is 13.1. The Morgan fingerprint density at radius 3 is 2.76 bits per heavy atom. The summed E-state index contributed by atoms with van der Waals surface area (Å²) in [7, 11) is 1.61. The quantitative estimate of drug-likeness (QED) is 0.917. The Hall–Kier alpha value is -1.95. The molecule has 0 fully saturated rings. The standard InChI is InChI=1S/C15H15BrN2O3/c1-19-15-4-2-3-10(18-15)9-17-12-8-14-13(7-11(12)16)20-5-6-21-14/h2-4,7-8,17H,5-6,9H2,1H3. The fourth-order valence-electron chi connectivity index (χ4n) is 2.05. The van der Waals surface area contributed by atoms with Crippen LogP contribution >= 0.6 is 15.9 Å². The number of fused-ring (bicyclic) bond motifs is 1. The summed E-state index contributed by atoms with van der Waals surface area (Å²) in [6.45, 7) is 1.75.